The summed E-state index contributed by atoms with van der Waals surface area (Å²) in [7, 11) is 0. The summed E-state index contributed by atoms with van der Waals surface area (Å²) in [5, 5.41) is 14.1. The zero-order valence-corrected chi connectivity index (χ0v) is 11.7. The molecule has 1 fully saturated rings. The van der Waals surface area contributed by atoms with Crippen LogP contribution in [-0.2, 0) is 6.54 Å². The van der Waals surface area contributed by atoms with Crippen LogP contribution in [0.15, 0.2) is 6.20 Å². The SMILES string of the molecule is CC(C)CCn1cc(C(=O)NCC2CCCN2)nn1. The van der Waals surface area contributed by atoms with Crippen LogP contribution in [0, 0.1) is 5.92 Å². The van der Waals surface area contributed by atoms with Crippen LogP contribution in [0.4, 0.5) is 0 Å². The molecule has 1 aromatic heterocycles. The molecule has 6 heteroatoms. The predicted octanol–water partition coefficient (Wildman–Crippen LogP) is 0.806. The van der Waals surface area contributed by atoms with E-state index in [9.17, 15) is 4.79 Å². The molecule has 0 saturated carbocycles. The van der Waals surface area contributed by atoms with Crippen LogP contribution >= 0.6 is 0 Å². The maximum Gasteiger partial charge on any atom is 0.273 e. The van der Waals surface area contributed by atoms with Crippen LogP contribution in [0.1, 0.15) is 43.6 Å². The summed E-state index contributed by atoms with van der Waals surface area (Å²) in [4.78, 5) is 11.9. The number of aryl methyl sites for hydroxylation is 1. The zero-order valence-electron chi connectivity index (χ0n) is 11.7. The fraction of sp³-hybridized carbons (Fsp3) is 0.769. The quantitative estimate of drug-likeness (QED) is 0.798. The molecule has 1 aliphatic heterocycles. The number of rotatable bonds is 6. The molecule has 6 nitrogen and oxygen atoms in total. The van der Waals surface area contributed by atoms with Crippen molar-refractivity contribution in [3.8, 4) is 0 Å². The molecule has 1 aromatic rings. The van der Waals surface area contributed by atoms with E-state index in [1.807, 2.05) is 0 Å². The second kappa shape index (κ2) is 6.65. The minimum atomic E-state index is -0.135. The molecule has 106 valence electrons. The van der Waals surface area contributed by atoms with E-state index < -0.39 is 0 Å². The highest BCUT2D eigenvalue weighted by molar-refractivity contribution is 5.91. The first kappa shape index (κ1) is 14.0. The second-order valence-corrected chi connectivity index (χ2v) is 5.55. The fourth-order valence-electron chi connectivity index (χ4n) is 2.14. The predicted molar refractivity (Wildman–Crippen MR) is 72.8 cm³/mol. The van der Waals surface area contributed by atoms with E-state index in [0.717, 1.165) is 25.9 Å². The Morgan fingerprint density at radius 3 is 3.16 bits per heavy atom. The third-order valence-corrected chi connectivity index (χ3v) is 3.38. The Morgan fingerprint density at radius 2 is 2.47 bits per heavy atom. The van der Waals surface area contributed by atoms with Crippen molar-refractivity contribution in [2.45, 2.75) is 45.7 Å². The minimum Gasteiger partial charge on any atom is -0.349 e. The van der Waals surface area contributed by atoms with Crippen LogP contribution in [0.2, 0.25) is 0 Å². The molecule has 1 atom stereocenters. The van der Waals surface area contributed by atoms with Gasteiger partial charge in [-0.15, -0.1) is 5.10 Å². The minimum absolute atomic E-state index is 0.135. The summed E-state index contributed by atoms with van der Waals surface area (Å²) in [5.74, 6) is 0.486. The van der Waals surface area contributed by atoms with Crippen LogP contribution in [0.5, 0.6) is 0 Å². The van der Waals surface area contributed by atoms with Gasteiger partial charge in [-0.25, -0.2) is 0 Å². The largest absolute Gasteiger partial charge is 0.349 e. The van der Waals surface area contributed by atoms with Crippen LogP contribution in [-0.4, -0.2) is 40.0 Å². The maximum absolute atomic E-state index is 11.9. The Hall–Kier alpha value is -1.43. The van der Waals surface area contributed by atoms with E-state index in [2.05, 4.69) is 34.8 Å². The number of hydrogen-bond donors (Lipinski definition) is 2. The van der Waals surface area contributed by atoms with Gasteiger partial charge in [0.25, 0.3) is 5.91 Å². The lowest BCUT2D eigenvalue weighted by molar-refractivity contribution is 0.0945. The van der Waals surface area contributed by atoms with Crippen molar-refractivity contribution in [1.82, 2.24) is 25.6 Å². The van der Waals surface area contributed by atoms with E-state index in [1.165, 1.54) is 6.42 Å². The Morgan fingerprint density at radius 1 is 1.63 bits per heavy atom. The average Bonchev–Trinajstić information content (AvgIpc) is 3.04. The van der Waals surface area contributed by atoms with Crippen molar-refractivity contribution in [1.29, 1.82) is 0 Å². The zero-order chi connectivity index (χ0) is 13.7. The van der Waals surface area contributed by atoms with Gasteiger partial charge < -0.3 is 10.6 Å². The number of nitrogens with one attached hydrogen (secondary N) is 2. The summed E-state index contributed by atoms with van der Waals surface area (Å²) in [6.07, 6.45) is 5.07. The van der Waals surface area contributed by atoms with Gasteiger partial charge in [-0.2, -0.15) is 0 Å². The van der Waals surface area contributed by atoms with Crippen molar-refractivity contribution in [2.24, 2.45) is 5.92 Å². The number of carbonyl (C=O) groups is 1. The second-order valence-electron chi connectivity index (χ2n) is 5.55. The Balaban J connectivity index is 1.78. The molecule has 1 unspecified atom stereocenters. The molecule has 0 bridgehead atoms. The monoisotopic (exact) mass is 265 g/mol. The molecule has 2 rings (SSSR count). The first-order chi connectivity index (χ1) is 9.15. The Bertz CT molecular complexity index is 409. The van der Waals surface area contributed by atoms with Crippen molar-refractivity contribution in [3.63, 3.8) is 0 Å². The third kappa shape index (κ3) is 4.31. The van der Waals surface area contributed by atoms with E-state index in [-0.39, 0.29) is 5.91 Å². The molecule has 1 aliphatic rings. The number of aromatic nitrogens is 3. The molecule has 0 radical (unpaired) electrons. The highest BCUT2D eigenvalue weighted by Gasteiger charge is 2.16. The number of carbonyl (C=O) groups excluding carboxylic acids is 1. The molecule has 19 heavy (non-hydrogen) atoms. The van der Waals surface area contributed by atoms with Gasteiger partial charge >= 0.3 is 0 Å². The molecule has 1 saturated heterocycles. The van der Waals surface area contributed by atoms with Crippen LogP contribution in [0.3, 0.4) is 0 Å². The van der Waals surface area contributed by atoms with Gasteiger partial charge in [-0.3, -0.25) is 9.48 Å². The van der Waals surface area contributed by atoms with Gasteiger partial charge in [0.15, 0.2) is 5.69 Å². The van der Waals surface area contributed by atoms with Gasteiger partial charge in [0.05, 0.1) is 6.20 Å². The van der Waals surface area contributed by atoms with Gasteiger partial charge in [-0.1, -0.05) is 19.1 Å². The molecule has 2 heterocycles. The van der Waals surface area contributed by atoms with Crippen LogP contribution in [0.25, 0.3) is 0 Å². The van der Waals surface area contributed by atoms with Crippen molar-refractivity contribution < 1.29 is 4.79 Å². The molecular formula is C13H23N5O. The van der Waals surface area contributed by atoms with Gasteiger partial charge in [0, 0.05) is 19.1 Å². The lowest BCUT2D eigenvalue weighted by atomic mass is 10.1. The first-order valence-electron chi connectivity index (χ1n) is 7.07. The number of amides is 1. The van der Waals surface area contributed by atoms with E-state index in [4.69, 9.17) is 0 Å². The van der Waals surface area contributed by atoms with E-state index >= 15 is 0 Å². The number of hydrogen-bond acceptors (Lipinski definition) is 4. The van der Waals surface area contributed by atoms with Crippen LogP contribution < -0.4 is 10.6 Å². The lowest BCUT2D eigenvalue weighted by Gasteiger charge is -2.09. The van der Waals surface area contributed by atoms with Crippen molar-refractivity contribution in [2.75, 3.05) is 13.1 Å². The average molecular weight is 265 g/mol. The third-order valence-electron chi connectivity index (χ3n) is 3.38. The molecule has 1 amide bonds. The van der Waals surface area contributed by atoms with Crippen molar-refractivity contribution in [3.05, 3.63) is 11.9 Å². The maximum atomic E-state index is 11.9. The topological polar surface area (TPSA) is 71.8 Å². The van der Waals surface area contributed by atoms with Crippen molar-refractivity contribution >= 4 is 5.91 Å². The highest BCUT2D eigenvalue weighted by atomic mass is 16.2. The highest BCUT2D eigenvalue weighted by Crippen LogP contribution is 2.04. The standard InChI is InChI=1S/C13H23N5O/c1-10(2)5-7-18-9-12(16-17-18)13(19)15-8-11-4-3-6-14-11/h9-11,14H,3-8H2,1-2H3,(H,15,19). The van der Waals surface area contributed by atoms with E-state index in [1.54, 1.807) is 10.9 Å². The van der Waals surface area contributed by atoms with Gasteiger partial charge in [0.2, 0.25) is 0 Å². The fourth-order valence-corrected chi connectivity index (χ4v) is 2.14. The normalized spacial score (nSPS) is 19.0. The number of nitrogens with zero attached hydrogens (tertiary/aromatic N) is 3. The molecule has 0 aromatic carbocycles. The smallest absolute Gasteiger partial charge is 0.273 e. The Kier molecular flexibility index (Phi) is 4.90. The van der Waals surface area contributed by atoms with Gasteiger partial charge in [-0.05, 0) is 31.7 Å². The molecule has 2 N–H and O–H groups in total. The van der Waals surface area contributed by atoms with E-state index in [0.29, 0.717) is 24.2 Å². The van der Waals surface area contributed by atoms with Gasteiger partial charge in [0.1, 0.15) is 0 Å². The summed E-state index contributed by atoms with van der Waals surface area (Å²) in [6, 6.07) is 0.403. The summed E-state index contributed by atoms with van der Waals surface area (Å²) in [6.45, 7) is 6.85. The lowest BCUT2D eigenvalue weighted by Crippen LogP contribution is -2.37. The molecule has 0 spiro atoms. The summed E-state index contributed by atoms with van der Waals surface area (Å²) >= 11 is 0. The molecule has 0 aliphatic carbocycles. The summed E-state index contributed by atoms with van der Waals surface area (Å²) < 4.78 is 1.74. The Labute approximate surface area is 113 Å². The first-order valence-corrected chi connectivity index (χ1v) is 7.07. The summed E-state index contributed by atoms with van der Waals surface area (Å²) in [5.41, 5.74) is 0.404. The molecular weight excluding hydrogens is 242 g/mol.